The number of furan rings is 1. The monoisotopic (exact) mass is 362 g/mol. The third kappa shape index (κ3) is 4.55. The van der Waals surface area contributed by atoms with Crippen LogP contribution >= 0.6 is 0 Å². The molecule has 0 unspecified atom stereocenters. The van der Waals surface area contributed by atoms with Crippen LogP contribution in [-0.4, -0.2) is 14.2 Å². The normalized spacial score (nSPS) is 13.2. The van der Waals surface area contributed by atoms with Crippen LogP contribution in [0.15, 0.2) is 39.6 Å². The molecule has 0 saturated carbocycles. The van der Waals surface area contributed by atoms with Gasteiger partial charge in [0.25, 0.3) is 0 Å². The summed E-state index contributed by atoms with van der Waals surface area (Å²) >= 11 is 0. The summed E-state index contributed by atoms with van der Waals surface area (Å²) in [5.41, 5.74) is 1.80. The Morgan fingerprint density at radius 3 is 2.16 bits per heavy atom. The maximum Gasteiger partial charge on any atom is 0.178 e. The minimum Gasteiger partial charge on any atom is -0.466 e. The van der Waals surface area contributed by atoms with Crippen molar-refractivity contribution >= 4 is 9.84 Å². The molecule has 138 valence electrons. The molecule has 0 spiro atoms. The van der Waals surface area contributed by atoms with Gasteiger partial charge < -0.3 is 4.42 Å². The zero-order valence-corrected chi connectivity index (χ0v) is 17.3. The second-order valence-corrected chi connectivity index (χ2v) is 10.7. The lowest BCUT2D eigenvalue weighted by Gasteiger charge is -2.24. The summed E-state index contributed by atoms with van der Waals surface area (Å²) in [6, 6.07) is 9.35. The second kappa shape index (κ2) is 6.64. The Hall–Kier alpha value is -1.55. The summed E-state index contributed by atoms with van der Waals surface area (Å²) in [6.45, 7) is 14.3. The van der Waals surface area contributed by atoms with E-state index in [2.05, 4.69) is 34.6 Å². The first kappa shape index (κ1) is 19.8. The predicted octanol–water partition coefficient (Wildman–Crippen LogP) is 5.34. The number of hydrogen-bond acceptors (Lipinski definition) is 3. The number of aryl methyl sites for hydroxylation is 2. The van der Waals surface area contributed by atoms with Crippen molar-refractivity contribution in [3.8, 4) is 0 Å². The Labute approximate surface area is 152 Å². The average Bonchev–Trinajstić information content (AvgIpc) is 2.84. The van der Waals surface area contributed by atoms with Crippen LogP contribution in [0, 0.1) is 13.8 Å². The fraction of sp³-hybridized carbons (Fsp3) is 0.524. The van der Waals surface area contributed by atoms with E-state index in [9.17, 15) is 8.42 Å². The Kier molecular flexibility index (Phi) is 5.25. The van der Waals surface area contributed by atoms with Gasteiger partial charge in [-0.05, 0) is 60.4 Å². The molecule has 1 heterocycles. The van der Waals surface area contributed by atoms with Gasteiger partial charge in [0.05, 0.1) is 10.6 Å². The molecule has 0 fully saturated rings. The van der Waals surface area contributed by atoms with E-state index < -0.39 is 9.84 Å². The zero-order chi connectivity index (χ0) is 19.0. The summed E-state index contributed by atoms with van der Waals surface area (Å²) < 4.78 is 31.3. The molecule has 3 nitrogen and oxygen atoms in total. The molecule has 0 aliphatic carbocycles. The van der Waals surface area contributed by atoms with Gasteiger partial charge in [0.15, 0.2) is 9.84 Å². The molecule has 0 radical (unpaired) electrons. The van der Waals surface area contributed by atoms with Crippen LogP contribution in [0.1, 0.15) is 63.7 Å². The zero-order valence-electron chi connectivity index (χ0n) is 16.4. The molecular formula is C21H30O3S. The van der Waals surface area contributed by atoms with Gasteiger partial charge in [-0.2, -0.15) is 0 Å². The molecule has 0 atom stereocenters. The van der Waals surface area contributed by atoms with Gasteiger partial charge in [-0.25, -0.2) is 8.42 Å². The number of benzene rings is 1. The van der Waals surface area contributed by atoms with Gasteiger partial charge in [-0.1, -0.05) is 46.8 Å². The van der Waals surface area contributed by atoms with Gasteiger partial charge in [0.2, 0.25) is 0 Å². The second-order valence-electron chi connectivity index (χ2n) is 8.56. The summed E-state index contributed by atoms with van der Waals surface area (Å²) in [5, 5.41) is 0. The Bertz CT molecular complexity index is 850. The van der Waals surface area contributed by atoms with E-state index in [0.29, 0.717) is 11.3 Å². The summed E-state index contributed by atoms with van der Waals surface area (Å²) in [5.74, 6) is 1.85. The largest absolute Gasteiger partial charge is 0.466 e. The molecule has 2 rings (SSSR count). The van der Waals surface area contributed by atoms with E-state index in [1.807, 2.05) is 38.1 Å². The maximum absolute atomic E-state index is 12.9. The highest BCUT2D eigenvalue weighted by molar-refractivity contribution is 7.91. The predicted molar refractivity (Wildman–Crippen MR) is 103 cm³/mol. The lowest BCUT2D eigenvalue weighted by Crippen LogP contribution is -2.22. The van der Waals surface area contributed by atoms with Crippen LogP contribution in [0.2, 0.25) is 0 Å². The Morgan fingerprint density at radius 2 is 1.64 bits per heavy atom. The standard InChI is InChI=1S/C21H30O3S/c1-15-13-19(16(2)24-15)21(6,7)11-12-25(22,23)18-10-8-9-17(14-18)20(3,4)5/h8-10,13-14H,11-12H2,1-7H3. The van der Waals surface area contributed by atoms with Crippen LogP contribution in [-0.2, 0) is 20.7 Å². The van der Waals surface area contributed by atoms with Gasteiger partial charge >= 0.3 is 0 Å². The van der Waals surface area contributed by atoms with Crippen LogP contribution in [0.3, 0.4) is 0 Å². The van der Waals surface area contributed by atoms with Crippen molar-refractivity contribution in [2.75, 3.05) is 5.75 Å². The molecule has 1 aromatic heterocycles. The molecule has 0 amide bonds. The molecule has 2 aromatic rings. The third-order valence-corrected chi connectivity index (χ3v) is 6.54. The minimum atomic E-state index is -3.32. The van der Waals surface area contributed by atoms with Crippen molar-refractivity contribution in [3.63, 3.8) is 0 Å². The van der Waals surface area contributed by atoms with E-state index in [4.69, 9.17) is 4.42 Å². The molecule has 1 aromatic carbocycles. The molecule has 0 N–H and O–H groups in total. The molecule has 25 heavy (non-hydrogen) atoms. The summed E-state index contributed by atoms with van der Waals surface area (Å²) in [4.78, 5) is 0.413. The van der Waals surface area contributed by atoms with Crippen molar-refractivity contribution in [2.24, 2.45) is 0 Å². The van der Waals surface area contributed by atoms with Gasteiger partial charge in [-0.15, -0.1) is 0 Å². The van der Waals surface area contributed by atoms with E-state index >= 15 is 0 Å². The summed E-state index contributed by atoms with van der Waals surface area (Å²) in [7, 11) is -3.32. The minimum absolute atomic E-state index is 0.0732. The number of hydrogen-bond donors (Lipinski definition) is 0. The first-order chi connectivity index (χ1) is 11.3. The van der Waals surface area contributed by atoms with Crippen LogP contribution in [0.5, 0.6) is 0 Å². The lowest BCUT2D eigenvalue weighted by molar-refractivity contribution is 0.462. The Balaban J connectivity index is 2.23. The van der Waals surface area contributed by atoms with Crippen molar-refractivity contribution in [2.45, 2.75) is 70.6 Å². The van der Waals surface area contributed by atoms with Crippen LogP contribution in [0.25, 0.3) is 0 Å². The van der Waals surface area contributed by atoms with Crippen molar-refractivity contribution in [1.82, 2.24) is 0 Å². The van der Waals surface area contributed by atoms with Crippen molar-refractivity contribution < 1.29 is 12.8 Å². The number of rotatable bonds is 5. The van der Waals surface area contributed by atoms with Crippen molar-refractivity contribution in [3.05, 3.63) is 53.0 Å². The van der Waals surface area contributed by atoms with Gasteiger partial charge in [0.1, 0.15) is 11.5 Å². The average molecular weight is 363 g/mol. The van der Waals surface area contributed by atoms with E-state index in [1.165, 1.54) is 0 Å². The highest BCUT2D eigenvalue weighted by Gasteiger charge is 2.28. The van der Waals surface area contributed by atoms with Gasteiger partial charge in [-0.3, -0.25) is 0 Å². The molecule has 4 heteroatoms. The Morgan fingerprint density at radius 1 is 1.00 bits per heavy atom. The smallest absolute Gasteiger partial charge is 0.178 e. The van der Waals surface area contributed by atoms with Crippen LogP contribution in [0.4, 0.5) is 0 Å². The fourth-order valence-electron chi connectivity index (χ4n) is 3.10. The molecule has 0 aliphatic rings. The first-order valence-corrected chi connectivity index (χ1v) is 10.4. The van der Waals surface area contributed by atoms with Crippen molar-refractivity contribution in [1.29, 1.82) is 0 Å². The fourth-order valence-corrected chi connectivity index (χ4v) is 4.71. The van der Waals surface area contributed by atoms with Gasteiger partial charge in [0, 0.05) is 0 Å². The van der Waals surface area contributed by atoms with E-state index in [-0.39, 0.29) is 16.6 Å². The SMILES string of the molecule is Cc1cc(C(C)(C)CCS(=O)(=O)c2cccc(C(C)(C)C)c2)c(C)o1. The molecule has 0 saturated heterocycles. The lowest BCUT2D eigenvalue weighted by atomic mass is 9.82. The van der Waals surface area contributed by atoms with Crippen LogP contribution < -0.4 is 0 Å². The highest BCUT2D eigenvalue weighted by Crippen LogP contribution is 2.33. The third-order valence-electron chi connectivity index (χ3n) is 4.83. The summed E-state index contributed by atoms with van der Waals surface area (Å²) in [6.07, 6.45) is 0.550. The first-order valence-electron chi connectivity index (χ1n) is 8.74. The quantitative estimate of drug-likeness (QED) is 0.721. The number of sulfone groups is 1. The van der Waals surface area contributed by atoms with E-state index in [0.717, 1.165) is 22.6 Å². The molecule has 0 bridgehead atoms. The maximum atomic E-state index is 12.9. The molecular weight excluding hydrogens is 332 g/mol. The topological polar surface area (TPSA) is 47.3 Å². The molecule has 0 aliphatic heterocycles. The van der Waals surface area contributed by atoms with E-state index in [1.54, 1.807) is 6.07 Å². The highest BCUT2D eigenvalue weighted by atomic mass is 32.2.